The van der Waals surface area contributed by atoms with Gasteiger partial charge in [-0.15, -0.1) is 13.2 Å². The number of amides is 1. The highest BCUT2D eigenvalue weighted by molar-refractivity contribution is 7.89. The average molecular weight is 402 g/mol. The lowest BCUT2D eigenvalue weighted by Gasteiger charge is -2.27. The number of sulfonamides is 1. The number of hydrogen-bond donors (Lipinski definition) is 1. The fraction of sp³-hybridized carbons (Fsp3) is 0.267. The van der Waals surface area contributed by atoms with Gasteiger partial charge in [0.1, 0.15) is 5.75 Å². The number of halogens is 3. The summed E-state index contributed by atoms with van der Waals surface area (Å²) >= 11 is 0. The van der Waals surface area contributed by atoms with E-state index in [4.69, 9.17) is 5.73 Å². The summed E-state index contributed by atoms with van der Waals surface area (Å²) in [6, 6.07) is 4.12. The Morgan fingerprint density at radius 1 is 1.30 bits per heavy atom. The van der Waals surface area contributed by atoms with E-state index < -0.39 is 28.0 Å². The Bertz CT molecular complexity index is 995. The lowest BCUT2D eigenvalue weighted by atomic mass is 10.1. The molecule has 0 unspecified atom stereocenters. The number of carbonyl (C=O) groups is 1. The monoisotopic (exact) mass is 402 g/mol. The molecule has 2 aromatic rings. The molecule has 1 aliphatic rings. The van der Waals surface area contributed by atoms with Crippen molar-refractivity contribution in [2.24, 2.45) is 5.73 Å². The van der Waals surface area contributed by atoms with Crippen molar-refractivity contribution < 1.29 is 31.1 Å². The van der Waals surface area contributed by atoms with Crippen molar-refractivity contribution in [3.05, 3.63) is 47.5 Å². The second-order valence-electron chi connectivity index (χ2n) is 5.64. The topological polar surface area (TPSA) is 115 Å². The van der Waals surface area contributed by atoms with Crippen molar-refractivity contribution in [2.75, 3.05) is 6.54 Å². The molecule has 1 aliphatic heterocycles. The summed E-state index contributed by atoms with van der Waals surface area (Å²) in [5.74, 6) is -1.73. The first kappa shape index (κ1) is 19.0. The van der Waals surface area contributed by atoms with E-state index in [2.05, 4.69) is 14.7 Å². The molecule has 1 aromatic carbocycles. The number of benzene rings is 1. The zero-order chi connectivity index (χ0) is 19.8. The molecule has 0 saturated carbocycles. The highest BCUT2D eigenvalue weighted by Crippen LogP contribution is 2.28. The van der Waals surface area contributed by atoms with Crippen LogP contribution in [-0.2, 0) is 23.0 Å². The van der Waals surface area contributed by atoms with Crippen LogP contribution in [0.25, 0.3) is 0 Å². The van der Waals surface area contributed by atoms with Gasteiger partial charge in [0, 0.05) is 18.8 Å². The van der Waals surface area contributed by atoms with Gasteiger partial charge in [0.25, 0.3) is 5.91 Å². The van der Waals surface area contributed by atoms with Gasteiger partial charge < -0.3 is 10.5 Å². The van der Waals surface area contributed by atoms with Gasteiger partial charge in [0.05, 0.1) is 17.1 Å². The lowest BCUT2D eigenvalue weighted by Crippen LogP contribution is -2.37. The minimum Gasteiger partial charge on any atom is -0.406 e. The SMILES string of the molecule is NC(=O)c1ncc2c(n1)CN(S(=O)(=O)c1cccc(OC(F)(F)F)c1)CC2. The zero-order valence-electron chi connectivity index (χ0n) is 13.6. The molecule has 2 N–H and O–H groups in total. The molecule has 8 nitrogen and oxygen atoms in total. The van der Waals surface area contributed by atoms with Crippen LogP contribution < -0.4 is 10.5 Å². The Balaban J connectivity index is 1.89. The molecule has 1 aromatic heterocycles. The van der Waals surface area contributed by atoms with Gasteiger partial charge in [-0.1, -0.05) is 6.07 Å². The predicted octanol–water partition coefficient (Wildman–Crippen LogP) is 1.22. The maximum absolute atomic E-state index is 12.8. The van der Waals surface area contributed by atoms with Gasteiger partial charge in [0.2, 0.25) is 15.8 Å². The summed E-state index contributed by atoms with van der Waals surface area (Å²) in [7, 11) is -4.11. The van der Waals surface area contributed by atoms with Crippen LogP contribution >= 0.6 is 0 Å². The second kappa shape index (κ2) is 6.78. The summed E-state index contributed by atoms with van der Waals surface area (Å²) < 4.78 is 67.5. The summed E-state index contributed by atoms with van der Waals surface area (Å²) in [6.45, 7) is -0.0796. The van der Waals surface area contributed by atoms with E-state index >= 15 is 0 Å². The molecule has 2 heterocycles. The largest absolute Gasteiger partial charge is 0.573 e. The smallest absolute Gasteiger partial charge is 0.406 e. The standard InChI is InChI=1S/C15H13F3N4O4S/c16-15(17,18)26-10-2-1-3-11(6-10)27(24,25)22-5-4-9-7-20-14(13(19)23)21-12(9)8-22/h1-3,6-7H,4-5,8H2,(H2,19,23). The van der Waals surface area contributed by atoms with E-state index in [1.54, 1.807) is 0 Å². The van der Waals surface area contributed by atoms with Gasteiger partial charge in [-0.25, -0.2) is 18.4 Å². The van der Waals surface area contributed by atoms with Crippen molar-refractivity contribution in [3.63, 3.8) is 0 Å². The van der Waals surface area contributed by atoms with E-state index in [1.807, 2.05) is 0 Å². The highest BCUT2D eigenvalue weighted by atomic mass is 32.2. The van der Waals surface area contributed by atoms with Crippen LogP contribution in [-0.4, -0.2) is 41.5 Å². The number of nitrogens with zero attached hydrogens (tertiary/aromatic N) is 3. The van der Waals surface area contributed by atoms with Crippen LogP contribution in [0.2, 0.25) is 0 Å². The van der Waals surface area contributed by atoms with Crippen LogP contribution in [0.4, 0.5) is 13.2 Å². The minimum atomic E-state index is -4.94. The van der Waals surface area contributed by atoms with Crippen molar-refractivity contribution in [1.82, 2.24) is 14.3 Å². The van der Waals surface area contributed by atoms with Gasteiger partial charge in [-0.2, -0.15) is 4.31 Å². The zero-order valence-corrected chi connectivity index (χ0v) is 14.4. The molecule has 0 bridgehead atoms. The maximum atomic E-state index is 12.8. The summed E-state index contributed by atoms with van der Waals surface area (Å²) in [5.41, 5.74) is 6.11. The Morgan fingerprint density at radius 2 is 2.04 bits per heavy atom. The summed E-state index contributed by atoms with van der Waals surface area (Å²) in [4.78, 5) is 18.6. The Morgan fingerprint density at radius 3 is 2.70 bits per heavy atom. The molecular formula is C15H13F3N4O4S. The van der Waals surface area contributed by atoms with E-state index in [0.717, 1.165) is 22.5 Å². The molecule has 0 radical (unpaired) electrons. The number of rotatable bonds is 4. The number of hydrogen-bond acceptors (Lipinski definition) is 6. The van der Waals surface area contributed by atoms with Gasteiger partial charge in [-0.3, -0.25) is 4.79 Å². The highest BCUT2D eigenvalue weighted by Gasteiger charge is 2.33. The Kier molecular flexibility index (Phi) is 4.78. The third-order valence-corrected chi connectivity index (χ3v) is 5.65. The number of ether oxygens (including phenoxy) is 1. The molecule has 0 saturated heterocycles. The van der Waals surface area contributed by atoms with Gasteiger partial charge in [0.15, 0.2) is 0 Å². The van der Waals surface area contributed by atoms with E-state index in [9.17, 15) is 26.4 Å². The Labute approximate surface area is 151 Å². The lowest BCUT2D eigenvalue weighted by molar-refractivity contribution is -0.274. The first-order valence-corrected chi connectivity index (χ1v) is 9.01. The van der Waals surface area contributed by atoms with Crippen LogP contribution in [0.15, 0.2) is 35.4 Å². The average Bonchev–Trinajstić information content (AvgIpc) is 2.59. The van der Waals surface area contributed by atoms with E-state index in [0.29, 0.717) is 11.3 Å². The van der Waals surface area contributed by atoms with Crippen molar-refractivity contribution >= 4 is 15.9 Å². The van der Waals surface area contributed by atoms with E-state index in [-0.39, 0.29) is 30.2 Å². The molecule has 1 amide bonds. The molecule has 0 fully saturated rings. The molecule has 12 heteroatoms. The fourth-order valence-corrected chi connectivity index (χ4v) is 4.02. The van der Waals surface area contributed by atoms with Gasteiger partial charge in [-0.05, 0) is 24.1 Å². The molecule has 0 aliphatic carbocycles. The molecule has 0 atom stereocenters. The summed E-state index contributed by atoms with van der Waals surface area (Å²) in [6.07, 6.45) is -3.24. The molecule has 0 spiro atoms. The van der Waals surface area contributed by atoms with Gasteiger partial charge >= 0.3 is 6.36 Å². The predicted molar refractivity (Wildman–Crippen MR) is 85.0 cm³/mol. The molecule has 27 heavy (non-hydrogen) atoms. The minimum absolute atomic E-state index is 0.0823. The van der Waals surface area contributed by atoms with Crippen LogP contribution in [0, 0.1) is 0 Å². The first-order valence-electron chi connectivity index (χ1n) is 7.57. The molecule has 3 rings (SSSR count). The number of primary amides is 1. The quantitative estimate of drug-likeness (QED) is 0.822. The number of fused-ring (bicyclic) bond motifs is 1. The Hall–Kier alpha value is -2.73. The van der Waals surface area contributed by atoms with Crippen molar-refractivity contribution in [2.45, 2.75) is 24.2 Å². The van der Waals surface area contributed by atoms with E-state index in [1.165, 1.54) is 12.3 Å². The molecule has 144 valence electrons. The van der Waals surface area contributed by atoms with Crippen LogP contribution in [0.5, 0.6) is 5.75 Å². The molecular weight excluding hydrogens is 389 g/mol. The number of nitrogens with two attached hydrogens (primary N) is 1. The van der Waals surface area contributed by atoms with Crippen molar-refractivity contribution in [1.29, 1.82) is 0 Å². The number of alkyl halides is 3. The van der Waals surface area contributed by atoms with Crippen LogP contribution in [0.1, 0.15) is 21.9 Å². The number of carbonyl (C=O) groups excluding carboxylic acids is 1. The summed E-state index contributed by atoms with van der Waals surface area (Å²) in [5, 5.41) is 0. The second-order valence-corrected chi connectivity index (χ2v) is 7.58. The number of aromatic nitrogens is 2. The normalized spacial score (nSPS) is 15.2. The maximum Gasteiger partial charge on any atom is 0.573 e. The van der Waals surface area contributed by atoms with Crippen molar-refractivity contribution in [3.8, 4) is 5.75 Å². The first-order chi connectivity index (χ1) is 12.6. The third-order valence-electron chi connectivity index (χ3n) is 3.81. The fourth-order valence-electron chi connectivity index (χ4n) is 2.58. The third kappa shape index (κ3) is 4.17. The van der Waals surface area contributed by atoms with Crippen LogP contribution in [0.3, 0.4) is 0 Å².